The molecule has 8 nitrogen and oxygen atoms in total. The van der Waals surface area contributed by atoms with Gasteiger partial charge in [0.2, 0.25) is 0 Å². The molecule has 0 aromatic rings. The van der Waals surface area contributed by atoms with E-state index in [4.69, 9.17) is 28.4 Å². The molecule has 2 atom stereocenters. The van der Waals surface area contributed by atoms with Crippen LogP contribution in [-0.4, -0.2) is 65.2 Å². The molecule has 0 amide bonds. The first-order chi connectivity index (χ1) is 11.6. The zero-order valence-electron chi connectivity index (χ0n) is 15.1. The number of hydrogen-bond donors (Lipinski definition) is 0. The van der Waals surface area contributed by atoms with E-state index in [0.29, 0.717) is 26.1 Å². The van der Waals surface area contributed by atoms with Crippen LogP contribution in [0.1, 0.15) is 39.5 Å². The van der Waals surface area contributed by atoms with E-state index in [-0.39, 0.29) is 38.0 Å². The summed E-state index contributed by atoms with van der Waals surface area (Å²) in [6, 6.07) is 0. The van der Waals surface area contributed by atoms with E-state index >= 15 is 0 Å². The molecular weight excluding hydrogens is 320 g/mol. The number of rotatable bonds is 15. The van der Waals surface area contributed by atoms with Gasteiger partial charge in [-0.15, -0.1) is 0 Å². The molecule has 0 aliphatic rings. The van der Waals surface area contributed by atoms with Crippen molar-refractivity contribution in [1.82, 2.24) is 0 Å². The van der Waals surface area contributed by atoms with Gasteiger partial charge >= 0.3 is 11.9 Å². The van der Waals surface area contributed by atoms with Crippen molar-refractivity contribution in [1.29, 1.82) is 0 Å². The molecule has 0 aromatic heterocycles. The van der Waals surface area contributed by atoms with Crippen LogP contribution in [-0.2, 0) is 38.0 Å². The average molecular weight is 350 g/mol. The minimum atomic E-state index is -0.548. The minimum absolute atomic E-state index is 0.0566. The van der Waals surface area contributed by atoms with E-state index in [0.717, 1.165) is 0 Å². The Morgan fingerprint density at radius 2 is 1.12 bits per heavy atom. The Balaban J connectivity index is 3.69. The lowest BCUT2D eigenvalue weighted by Crippen LogP contribution is -2.24. The number of carbonyl (C=O) groups excluding carboxylic acids is 2. The molecule has 0 saturated carbocycles. The third kappa shape index (κ3) is 12.2. The highest BCUT2D eigenvalue weighted by molar-refractivity contribution is 5.70. The number of esters is 2. The van der Waals surface area contributed by atoms with Crippen molar-refractivity contribution in [3.05, 3.63) is 0 Å². The molecule has 0 spiro atoms. The summed E-state index contributed by atoms with van der Waals surface area (Å²) >= 11 is 0. The molecule has 142 valence electrons. The predicted octanol–water partition coefficient (Wildman–Crippen LogP) is 1.65. The van der Waals surface area contributed by atoms with E-state index in [1.54, 1.807) is 0 Å². The fraction of sp³-hybridized carbons (Fsp3) is 0.875. The van der Waals surface area contributed by atoms with Gasteiger partial charge in [-0.3, -0.25) is 9.59 Å². The molecule has 0 saturated heterocycles. The highest BCUT2D eigenvalue weighted by atomic mass is 16.7. The van der Waals surface area contributed by atoms with Crippen molar-refractivity contribution in [3.63, 3.8) is 0 Å². The summed E-state index contributed by atoms with van der Waals surface area (Å²) in [7, 11) is 2.97. The maximum Gasteiger partial charge on any atom is 0.305 e. The van der Waals surface area contributed by atoms with Gasteiger partial charge in [0.15, 0.2) is 12.6 Å². The Morgan fingerprint density at radius 3 is 1.42 bits per heavy atom. The maximum atomic E-state index is 11.6. The normalized spacial score (nSPS) is 13.3. The number of hydrogen-bond acceptors (Lipinski definition) is 8. The summed E-state index contributed by atoms with van der Waals surface area (Å²) < 4.78 is 30.4. The molecular formula is C16H30O8. The van der Waals surface area contributed by atoms with E-state index in [1.165, 1.54) is 14.2 Å². The second-order valence-corrected chi connectivity index (χ2v) is 4.81. The highest BCUT2D eigenvalue weighted by Crippen LogP contribution is 2.05. The van der Waals surface area contributed by atoms with Crippen molar-refractivity contribution in [2.75, 3.05) is 40.6 Å². The van der Waals surface area contributed by atoms with Gasteiger partial charge in [0.05, 0.1) is 0 Å². The Morgan fingerprint density at radius 1 is 0.750 bits per heavy atom. The van der Waals surface area contributed by atoms with Gasteiger partial charge < -0.3 is 28.4 Å². The first-order valence-electron chi connectivity index (χ1n) is 8.17. The van der Waals surface area contributed by atoms with E-state index < -0.39 is 12.6 Å². The molecule has 0 heterocycles. The quantitative estimate of drug-likeness (QED) is 0.250. The first kappa shape index (κ1) is 22.8. The lowest BCUT2D eigenvalue weighted by molar-refractivity contribution is -0.173. The molecule has 0 aliphatic heterocycles. The third-order valence-electron chi connectivity index (χ3n) is 3.00. The van der Waals surface area contributed by atoms with Crippen molar-refractivity contribution in [2.45, 2.75) is 52.1 Å². The smallest absolute Gasteiger partial charge is 0.305 e. The zero-order valence-corrected chi connectivity index (χ0v) is 15.1. The van der Waals surface area contributed by atoms with E-state index in [1.807, 2.05) is 13.8 Å². The van der Waals surface area contributed by atoms with Crippen LogP contribution in [0.15, 0.2) is 0 Å². The zero-order chi connectivity index (χ0) is 18.2. The molecule has 0 N–H and O–H groups in total. The monoisotopic (exact) mass is 350 g/mol. The summed E-state index contributed by atoms with van der Waals surface area (Å²) in [6.07, 6.45) is 0.449. The summed E-state index contributed by atoms with van der Waals surface area (Å²) in [5, 5.41) is 0. The number of ether oxygens (including phenoxy) is 6. The molecule has 0 aliphatic carbocycles. The summed E-state index contributed by atoms with van der Waals surface area (Å²) in [5.74, 6) is -0.693. The first-order valence-corrected chi connectivity index (χ1v) is 8.17. The molecule has 0 aromatic carbocycles. The standard InChI is InChI=1S/C16H30O8/c1-5-21-15(19-3)11-23-13(17)9-7-8-10-14(18)24-12-16(20-4)22-6-2/h15-16H,5-12H2,1-4H3. The summed E-state index contributed by atoms with van der Waals surface area (Å²) in [4.78, 5) is 23.1. The second-order valence-electron chi connectivity index (χ2n) is 4.81. The Bertz CT molecular complexity index is 302. The fourth-order valence-corrected chi connectivity index (χ4v) is 1.75. The van der Waals surface area contributed by atoms with E-state index in [2.05, 4.69) is 0 Å². The molecule has 24 heavy (non-hydrogen) atoms. The topological polar surface area (TPSA) is 89.5 Å². The van der Waals surface area contributed by atoms with Crippen molar-refractivity contribution in [3.8, 4) is 0 Å². The van der Waals surface area contributed by atoms with Crippen LogP contribution in [0.2, 0.25) is 0 Å². The third-order valence-corrected chi connectivity index (χ3v) is 3.00. The Kier molecular flexibility index (Phi) is 14.5. The van der Waals surface area contributed by atoms with Gasteiger partial charge in [0, 0.05) is 40.3 Å². The van der Waals surface area contributed by atoms with Gasteiger partial charge in [0.25, 0.3) is 0 Å². The fourth-order valence-electron chi connectivity index (χ4n) is 1.75. The van der Waals surface area contributed by atoms with Crippen LogP contribution < -0.4 is 0 Å². The number of carbonyl (C=O) groups is 2. The molecule has 0 rings (SSSR count). The largest absolute Gasteiger partial charge is 0.460 e. The predicted molar refractivity (Wildman–Crippen MR) is 85.2 cm³/mol. The molecule has 0 radical (unpaired) electrons. The lowest BCUT2D eigenvalue weighted by atomic mass is 10.2. The Hall–Kier alpha value is -1.22. The van der Waals surface area contributed by atoms with Crippen molar-refractivity contribution in [2.24, 2.45) is 0 Å². The number of unbranched alkanes of at least 4 members (excludes halogenated alkanes) is 1. The molecule has 0 bridgehead atoms. The van der Waals surface area contributed by atoms with Crippen LogP contribution in [0.4, 0.5) is 0 Å². The van der Waals surface area contributed by atoms with Gasteiger partial charge in [-0.25, -0.2) is 0 Å². The highest BCUT2D eigenvalue weighted by Gasteiger charge is 2.12. The summed E-state index contributed by atoms with van der Waals surface area (Å²) in [5.41, 5.74) is 0. The molecule has 2 unspecified atom stereocenters. The SMILES string of the molecule is CCOC(COC(=O)CCCCC(=O)OCC(OC)OCC)OC. The lowest BCUT2D eigenvalue weighted by Gasteiger charge is -2.15. The van der Waals surface area contributed by atoms with Gasteiger partial charge in [-0.05, 0) is 26.7 Å². The molecule has 0 fully saturated rings. The van der Waals surface area contributed by atoms with Gasteiger partial charge in [0.1, 0.15) is 13.2 Å². The van der Waals surface area contributed by atoms with Crippen LogP contribution in [0.5, 0.6) is 0 Å². The van der Waals surface area contributed by atoms with Crippen LogP contribution >= 0.6 is 0 Å². The molecule has 8 heteroatoms. The number of methoxy groups -OCH3 is 2. The van der Waals surface area contributed by atoms with Gasteiger partial charge in [-0.1, -0.05) is 0 Å². The van der Waals surface area contributed by atoms with Gasteiger partial charge in [-0.2, -0.15) is 0 Å². The maximum absolute atomic E-state index is 11.6. The second kappa shape index (κ2) is 15.3. The van der Waals surface area contributed by atoms with E-state index in [9.17, 15) is 9.59 Å². The summed E-state index contributed by atoms with van der Waals surface area (Å²) in [6.45, 7) is 4.73. The van der Waals surface area contributed by atoms with Crippen molar-refractivity contribution >= 4 is 11.9 Å². The van der Waals surface area contributed by atoms with Crippen LogP contribution in [0.25, 0.3) is 0 Å². The van der Waals surface area contributed by atoms with Crippen LogP contribution in [0.3, 0.4) is 0 Å². The Labute approximate surface area is 143 Å². The minimum Gasteiger partial charge on any atom is -0.460 e. The average Bonchev–Trinajstić information content (AvgIpc) is 2.59. The van der Waals surface area contributed by atoms with Crippen LogP contribution in [0, 0.1) is 0 Å². The van der Waals surface area contributed by atoms with Crippen molar-refractivity contribution < 1.29 is 38.0 Å².